The summed E-state index contributed by atoms with van der Waals surface area (Å²) in [7, 11) is 0. The van der Waals surface area contributed by atoms with Gasteiger partial charge in [-0.3, -0.25) is 4.79 Å². The molecule has 0 saturated heterocycles. The van der Waals surface area contributed by atoms with Crippen LogP contribution in [0.5, 0.6) is 0 Å². The van der Waals surface area contributed by atoms with E-state index in [-0.39, 0.29) is 17.9 Å². The van der Waals surface area contributed by atoms with Gasteiger partial charge in [-0.25, -0.2) is 9.07 Å². The summed E-state index contributed by atoms with van der Waals surface area (Å²) in [6.07, 6.45) is 4.16. The summed E-state index contributed by atoms with van der Waals surface area (Å²) in [5.74, 6) is 0.433. The largest absolute Gasteiger partial charge is 0.383 e. The first kappa shape index (κ1) is 12.8. The van der Waals surface area contributed by atoms with Gasteiger partial charge in [-0.05, 0) is 36.5 Å². The predicted octanol–water partition coefficient (Wildman–Crippen LogP) is 2.25. The summed E-state index contributed by atoms with van der Waals surface area (Å²) in [6, 6.07) is 7.73. The molecule has 0 aliphatic heterocycles. The molecule has 20 heavy (non-hydrogen) atoms. The molecule has 0 unspecified atom stereocenters. The predicted molar refractivity (Wildman–Crippen MR) is 75.2 cm³/mol. The van der Waals surface area contributed by atoms with Crippen molar-refractivity contribution in [2.75, 3.05) is 11.9 Å². The van der Waals surface area contributed by atoms with E-state index in [9.17, 15) is 9.18 Å². The fourth-order valence-electron chi connectivity index (χ4n) is 2.04. The van der Waals surface area contributed by atoms with Crippen molar-refractivity contribution >= 4 is 5.69 Å². The number of rotatable bonds is 5. The van der Waals surface area contributed by atoms with Crippen LogP contribution in [0, 0.1) is 11.7 Å². The lowest BCUT2D eigenvalue weighted by molar-refractivity contribution is 0.610. The zero-order valence-electron chi connectivity index (χ0n) is 11.1. The van der Waals surface area contributed by atoms with E-state index in [2.05, 4.69) is 10.4 Å². The third-order valence-corrected chi connectivity index (χ3v) is 3.38. The highest BCUT2D eigenvalue weighted by molar-refractivity contribution is 5.39. The standard InChI is InChI=1S/C15H16FN3O/c16-13-3-1-2-12(6-13)10-19-15(20)7-14(9-18-19)17-8-11-4-5-11/h1-3,6-7,9,11,17H,4-5,8,10H2. The molecule has 1 aliphatic carbocycles. The normalized spacial score (nSPS) is 14.2. The molecule has 1 aromatic carbocycles. The molecule has 0 amide bonds. The molecule has 0 bridgehead atoms. The number of nitrogens with one attached hydrogen (secondary N) is 1. The van der Waals surface area contributed by atoms with Gasteiger partial charge in [0.25, 0.3) is 5.56 Å². The minimum absolute atomic E-state index is 0.185. The van der Waals surface area contributed by atoms with E-state index in [4.69, 9.17) is 0 Å². The molecule has 1 aromatic heterocycles. The molecule has 0 spiro atoms. The van der Waals surface area contributed by atoms with E-state index >= 15 is 0 Å². The average molecular weight is 273 g/mol. The van der Waals surface area contributed by atoms with Crippen LogP contribution < -0.4 is 10.9 Å². The Labute approximate surface area is 116 Å². The SMILES string of the molecule is O=c1cc(NCC2CC2)cnn1Cc1cccc(F)c1. The second-order valence-corrected chi connectivity index (χ2v) is 5.19. The topological polar surface area (TPSA) is 46.9 Å². The molecular formula is C15H16FN3O. The quantitative estimate of drug-likeness (QED) is 0.909. The van der Waals surface area contributed by atoms with Crippen LogP contribution in [0.2, 0.25) is 0 Å². The molecular weight excluding hydrogens is 257 g/mol. The third kappa shape index (κ3) is 3.23. The Kier molecular flexibility index (Phi) is 3.50. The first-order valence-electron chi connectivity index (χ1n) is 6.76. The van der Waals surface area contributed by atoms with Gasteiger partial charge in [0.15, 0.2) is 0 Å². The van der Waals surface area contributed by atoms with E-state index in [1.54, 1.807) is 18.3 Å². The van der Waals surface area contributed by atoms with E-state index in [1.165, 1.54) is 35.7 Å². The maximum Gasteiger partial charge on any atom is 0.269 e. The van der Waals surface area contributed by atoms with Gasteiger partial charge in [-0.15, -0.1) is 0 Å². The minimum atomic E-state index is -0.307. The van der Waals surface area contributed by atoms with Crippen LogP contribution in [0.4, 0.5) is 10.1 Å². The van der Waals surface area contributed by atoms with Crippen molar-refractivity contribution in [2.24, 2.45) is 5.92 Å². The maximum absolute atomic E-state index is 13.1. The lowest BCUT2D eigenvalue weighted by Gasteiger charge is -2.07. The summed E-state index contributed by atoms with van der Waals surface area (Å²) in [5.41, 5.74) is 1.28. The van der Waals surface area contributed by atoms with Crippen molar-refractivity contribution in [1.29, 1.82) is 0 Å². The molecule has 1 N–H and O–H groups in total. The number of hydrogen-bond donors (Lipinski definition) is 1. The van der Waals surface area contributed by atoms with Crippen molar-refractivity contribution in [2.45, 2.75) is 19.4 Å². The molecule has 0 atom stereocenters. The highest BCUT2D eigenvalue weighted by Crippen LogP contribution is 2.28. The highest BCUT2D eigenvalue weighted by atomic mass is 19.1. The molecule has 5 heteroatoms. The average Bonchev–Trinajstić information content (AvgIpc) is 3.23. The first-order valence-corrected chi connectivity index (χ1v) is 6.76. The van der Waals surface area contributed by atoms with Crippen LogP contribution in [-0.4, -0.2) is 16.3 Å². The van der Waals surface area contributed by atoms with Crippen molar-refractivity contribution in [3.8, 4) is 0 Å². The molecule has 1 saturated carbocycles. The zero-order chi connectivity index (χ0) is 13.9. The smallest absolute Gasteiger partial charge is 0.269 e. The number of anilines is 1. The zero-order valence-corrected chi connectivity index (χ0v) is 11.1. The molecule has 1 aliphatic rings. The van der Waals surface area contributed by atoms with E-state index in [0.717, 1.165) is 23.7 Å². The second kappa shape index (κ2) is 5.45. The van der Waals surface area contributed by atoms with Crippen molar-refractivity contribution in [3.05, 3.63) is 58.3 Å². The number of benzene rings is 1. The minimum Gasteiger partial charge on any atom is -0.383 e. The van der Waals surface area contributed by atoms with Gasteiger partial charge in [-0.2, -0.15) is 5.10 Å². The molecule has 1 fully saturated rings. The highest BCUT2D eigenvalue weighted by Gasteiger charge is 2.20. The monoisotopic (exact) mass is 273 g/mol. The van der Waals surface area contributed by atoms with E-state index in [1.807, 2.05) is 0 Å². The van der Waals surface area contributed by atoms with E-state index in [0.29, 0.717) is 0 Å². The Morgan fingerprint density at radius 1 is 1.35 bits per heavy atom. The second-order valence-electron chi connectivity index (χ2n) is 5.19. The van der Waals surface area contributed by atoms with Gasteiger partial charge in [-0.1, -0.05) is 12.1 Å². The van der Waals surface area contributed by atoms with Crippen LogP contribution in [0.15, 0.2) is 41.3 Å². The fourth-order valence-corrected chi connectivity index (χ4v) is 2.04. The van der Waals surface area contributed by atoms with Gasteiger partial charge in [0.2, 0.25) is 0 Å². The number of aromatic nitrogens is 2. The first-order chi connectivity index (χ1) is 9.70. The Morgan fingerprint density at radius 3 is 2.90 bits per heavy atom. The number of hydrogen-bond acceptors (Lipinski definition) is 3. The van der Waals surface area contributed by atoms with E-state index < -0.39 is 0 Å². The molecule has 3 rings (SSSR count). The Balaban J connectivity index is 1.71. The molecule has 4 nitrogen and oxygen atoms in total. The van der Waals surface area contributed by atoms with Crippen LogP contribution in [0.1, 0.15) is 18.4 Å². The fraction of sp³-hybridized carbons (Fsp3) is 0.333. The number of halogens is 1. The number of nitrogens with zero attached hydrogens (tertiary/aromatic N) is 2. The Morgan fingerprint density at radius 2 is 2.20 bits per heavy atom. The summed E-state index contributed by atoms with van der Waals surface area (Å²) in [5, 5.41) is 7.33. The summed E-state index contributed by atoms with van der Waals surface area (Å²) in [6.45, 7) is 1.18. The van der Waals surface area contributed by atoms with Crippen molar-refractivity contribution in [1.82, 2.24) is 9.78 Å². The summed E-state index contributed by atoms with van der Waals surface area (Å²) in [4.78, 5) is 12.0. The van der Waals surface area contributed by atoms with Crippen molar-refractivity contribution in [3.63, 3.8) is 0 Å². The van der Waals surface area contributed by atoms with Crippen LogP contribution >= 0.6 is 0 Å². The summed E-state index contributed by atoms with van der Waals surface area (Å²) < 4.78 is 14.4. The molecule has 0 radical (unpaired) electrons. The summed E-state index contributed by atoms with van der Waals surface area (Å²) >= 11 is 0. The van der Waals surface area contributed by atoms with Crippen LogP contribution in [0.3, 0.4) is 0 Å². The van der Waals surface area contributed by atoms with Gasteiger partial charge in [0.05, 0.1) is 18.4 Å². The van der Waals surface area contributed by atoms with Gasteiger partial charge in [0.1, 0.15) is 5.82 Å². The van der Waals surface area contributed by atoms with Gasteiger partial charge < -0.3 is 5.32 Å². The van der Waals surface area contributed by atoms with Gasteiger partial charge in [0, 0.05) is 12.6 Å². The maximum atomic E-state index is 13.1. The van der Waals surface area contributed by atoms with Crippen LogP contribution in [0.25, 0.3) is 0 Å². The Hall–Kier alpha value is -2.17. The molecule has 1 heterocycles. The van der Waals surface area contributed by atoms with Crippen LogP contribution in [-0.2, 0) is 6.54 Å². The molecule has 2 aromatic rings. The lowest BCUT2D eigenvalue weighted by atomic mass is 10.2. The van der Waals surface area contributed by atoms with Gasteiger partial charge >= 0.3 is 0 Å². The Bertz CT molecular complexity index is 664. The lowest BCUT2D eigenvalue weighted by Crippen LogP contribution is -2.23. The third-order valence-electron chi connectivity index (χ3n) is 3.38. The molecule has 104 valence electrons. The van der Waals surface area contributed by atoms with Crippen molar-refractivity contribution < 1.29 is 4.39 Å².